The Morgan fingerprint density at radius 1 is 0.507 bits per heavy atom. The number of anilines is 6. The molecule has 0 radical (unpaired) electrons. The highest BCUT2D eigenvalue weighted by Gasteiger charge is 2.48. The number of hydrogen-bond acceptors (Lipinski definition) is 3. The average molecular weight is 877 g/mol. The molecule has 2 aliphatic heterocycles. The van der Waals surface area contributed by atoms with E-state index in [4.69, 9.17) is 4.42 Å². The van der Waals surface area contributed by atoms with Crippen LogP contribution >= 0.6 is 0 Å². The van der Waals surface area contributed by atoms with E-state index in [-0.39, 0.29) is 33.8 Å². The highest BCUT2D eigenvalue weighted by atomic mass is 16.3. The molecule has 0 fully saturated rings. The molecule has 0 spiro atoms. The zero-order chi connectivity index (χ0) is 46.7. The van der Waals surface area contributed by atoms with E-state index in [1.165, 1.54) is 102 Å². The largest absolute Gasteiger partial charge is 0.454 e. The Hall–Kier alpha value is -6.00. The Labute approximate surface area is 399 Å². The fraction of sp³-hybridized carbons (Fsp3) is 0.333. The summed E-state index contributed by atoms with van der Waals surface area (Å²) in [6.07, 6.45) is 4.69. The van der Waals surface area contributed by atoms with E-state index in [0.717, 1.165) is 40.8 Å². The van der Waals surface area contributed by atoms with Crippen molar-refractivity contribution >= 4 is 79.2 Å². The van der Waals surface area contributed by atoms with Crippen LogP contribution in [0.25, 0.3) is 33.1 Å². The van der Waals surface area contributed by atoms with Gasteiger partial charge in [-0.1, -0.05) is 155 Å². The van der Waals surface area contributed by atoms with Crippen molar-refractivity contribution in [1.82, 2.24) is 0 Å². The van der Waals surface area contributed by atoms with Crippen molar-refractivity contribution in [2.24, 2.45) is 0 Å². The van der Waals surface area contributed by atoms with Gasteiger partial charge in [0.05, 0.1) is 11.4 Å². The van der Waals surface area contributed by atoms with E-state index < -0.39 is 0 Å². The molecule has 4 aliphatic rings. The second kappa shape index (κ2) is 14.0. The number of para-hydroxylation sites is 1. The predicted molar refractivity (Wildman–Crippen MR) is 287 cm³/mol. The molecule has 0 amide bonds. The summed E-state index contributed by atoms with van der Waals surface area (Å²) in [7, 11) is 0. The van der Waals surface area contributed by atoms with Gasteiger partial charge < -0.3 is 14.2 Å². The lowest BCUT2D eigenvalue weighted by molar-refractivity contribution is 0.332. The maximum Gasteiger partial charge on any atom is 0.252 e. The second-order valence-corrected chi connectivity index (χ2v) is 24.4. The molecule has 0 bridgehead atoms. The number of rotatable bonds is 3. The normalized spacial score (nSPS) is 18.3. The second-order valence-electron chi connectivity index (χ2n) is 24.4. The summed E-state index contributed by atoms with van der Waals surface area (Å²) in [5.74, 6) is 0. The molecule has 1 aromatic heterocycles. The summed E-state index contributed by atoms with van der Waals surface area (Å²) in [5, 5.41) is 2.33. The van der Waals surface area contributed by atoms with Gasteiger partial charge >= 0.3 is 0 Å². The van der Waals surface area contributed by atoms with Crippen LogP contribution in [-0.2, 0) is 27.1 Å². The molecule has 3 nitrogen and oxygen atoms in total. The van der Waals surface area contributed by atoms with Crippen molar-refractivity contribution in [1.29, 1.82) is 0 Å². The molecule has 67 heavy (non-hydrogen) atoms. The van der Waals surface area contributed by atoms with Gasteiger partial charge in [-0.2, -0.15) is 0 Å². The molecule has 12 rings (SSSR count). The molecule has 336 valence electrons. The first-order chi connectivity index (χ1) is 31.7. The Morgan fingerprint density at radius 3 is 1.81 bits per heavy atom. The SMILES string of the molecule is Cc1cc2c3c(c1)N(c1ccccc1-c1ccccc1)c1c(ccc4c1oc1ccc(C(C)(C)C)cc14)B3c1cc3c(cc1N2c1ccc2c(c1)C(C)(C)CCC2(C)C)C(C)(C)CCC3(C)C. The van der Waals surface area contributed by atoms with Crippen LogP contribution in [0.3, 0.4) is 0 Å². The number of furan rings is 1. The average Bonchev–Trinajstić information content (AvgIpc) is 3.67. The first kappa shape index (κ1) is 42.4. The Kier molecular flexibility index (Phi) is 8.87. The number of fused-ring (bicyclic) bond motifs is 10. The van der Waals surface area contributed by atoms with Crippen molar-refractivity contribution in [3.8, 4) is 11.1 Å². The van der Waals surface area contributed by atoms with Gasteiger partial charge in [0.1, 0.15) is 5.58 Å². The third-order valence-corrected chi connectivity index (χ3v) is 17.0. The lowest BCUT2D eigenvalue weighted by Gasteiger charge is -2.48. The van der Waals surface area contributed by atoms with Crippen LogP contribution in [0.1, 0.15) is 135 Å². The smallest absolute Gasteiger partial charge is 0.252 e. The molecule has 4 heteroatoms. The lowest BCUT2D eigenvalue weighted by Crippen LogP contribution is -2.62. The predicted octanol–water partition coefficient (Wildman–Crippen LogP) is 15.6. The van der Waals surface area contributed by atoms with Crippen molar-refractivity contribution in [2.75, 3.05) is 9.80 Å². The highest BCUT2D eigenvalue weighted by Crippen LogP contribution is 2.54. The minimum absolute atomic E-state index is 0.00267. The molecular weight excluding hydrogens is 812 g/mol. The van der Waals surface area contributed by atoms with Crippen molar-refractivity contribution in [3.63, 3.8) is 0 Å². The van der Waals surface area contributed by atoms with Crippen LogP contribution in [0.15, 0.2) is 132 Å². The van der Waals surface area contributed by atoms with Crippen molar-refractivity contribution < 1.29 is 4.42 Å². The van der Waals surface area contributed by atoms with Gasteiger partial charge in [0.25, 0.3) is 6.71 Å². The van der Waals surface area contributed by atoms with Crippen LogP contribution in [0.4, 0.5) is 34.1 Å². The summed E-state index contributed by atoms with van der Waals surface area (Å²) in [6, 6.07) is 49.3. The molecule has 7 aromatic carbocycles. The van der Waals surface area contributed by atoms with Gasteiger partial charge in [-0.25, -0.2) is 0 Å². The van der Waals surface area contributed by atoms with Crippen LogP contribution in [0.5, 0.6) is 0 Å². The van der Waals surface area contributed by atoms with Gasteiger partial charge in [0, 0.05) is 39.1 Å². The molecular formula is C63H65BN2O. The van der Waals surface area contributed by atoms with Crippen molar-refractivity contribution in [2.45, 2.75) is 136 Å². The van der Waals surface area contributed by atoms with Crippen molar-refractivity contribution in [3.05, 3.63) is 161 Å². The Bertz CT molecular complexity index is 3380. The number of aryl methyl sites for hydroxylation is 1. The number of benzene rings is 7. The Morgan fingerprint density at radius 2 is 1.12 bits per heavy atom. The molecule has 0 unspecified atom stereocenters. The van der Waals surface area contributed by atoms with Crippen LogP contribution in [0, 0.1) is 6.92 Å². The molecule has 0 atom stereocenters. The van der Waals surface area contributed by atoms with Crippen LogP contribution in [-0.4, -0.2) is 6.71 Å². The van der Waals surface area contributed by atoms with Gasteiger partial charge in [0.2, 0.25) is 0 Å². The van der Waals surface area contributed by atoms with Crippen LogP contribution in [0.2, 0.25) is 0 Å². The fourth-order valence-electron chi connectivity index (χ4n) is 12.7. The molecule has 0 saturated heterocycles. The molecule has 3 heterocycles. The first-order valence-electron chi connectivity index (χ1n) is 25.0. The van der Waals surface area contributed by atoms with Gasteiger partial charge in [0.15, 0.2) is 5.58 Å². The van der Waals surface area contributed by atoms with Gasteiger partial charge in [-0.3, -0.25) is 0 Å². The summed E-state index contributed by atoms with van der Waals surface area (Å²) >= 11 is 0. The topological polar surface area (TPSA) is 19.6 Å². The van der Waals surface area contributed by atoms with Gasteiger partial charge in [-0.05, 0) is 164 Å². The van der Waals surface area contributed by atoms with Crippen LogP contribution < -0.4 is 26.2 Å². The summed E-state index contributed by atoms with van der Waals surface area (Å²) in [4.78, 5) is 5.26. The minimum atomic E-state index is -0.0334. The monoisotopic (exact) mass is 877 g/mol. The van der Waals surface area contributed by atoms with E-state index in [1.54, 1.807) is 0 Å². The van der Waals surface area contributed by atoms with E-state index in [9.17, 15) is 0 Å². The van der Waals surface area contributed by atoms with Gasteiger partial charge in [-0.15, -0.1) is 0 Å². The first-order valence-corrected chi connectivity index (χ1v) is 25.0. The fourth-order valence-corrected chi connectivity index (χ4v) is 12.7. The zero-order valence-corrected chi connectivity index (χ0v) is 41.8. The molecule has 8 aromatic rings. The third kappa shape index (κ3) is 6.23. The standard InChI is InChI=1S/C63H65BN2O/c1-38-32-53-56-54(33-38)66(51-21-17-16-20-42(51)39-18-14-13-15-19-39)57-49(26-24-43-44-34-40(59(2,3)4)22-27-55(44)67-58(43)57)64(56)50-36-47-48(63(11,12)31-30-62(47,9)10)37-52(50)65(53)41-23-25-45-46(35-41)61(7,8)29-28-60(45,5)6/h13-27,32-37H,28-31H2,1-12H3. The number of nitrogens with zero attached hydrogens (tertiary/aromatic N) is 2. The third-order valence-electron chi connectivity index (χ3n) is 17.0. The van der Waals surface area contributed by atoms with E-state index in [1.807, 2.05) is 0 Å². The van der Waals surface area contributed by atoms with E-state index in [0.29, 0.717) is 0 Å². The maximum absolute atomic E-state index is 7.27. The lowest BCUT2D eigenvalue weighted by atomic mass is 9.33. The van der Waals surface area contributed by atoms with E-state index >= 15 is 0 Å². The molecule has 0 N–H and O–H groups in total. The summed E-state index contributed by atoms with van der Waals surface area (Å²) < 4.78 is 7.27. The summed E-state index contributed by atoms with van der Waals surface area (Å²) in [5.41, 5.74) is 24.3. The molecule has 2 aliphatic carbocycles. The quantitative estimate of drug-likeness (QED) is 0.165. The number of hydrogen-bond donors (Lipinski definition) is 0. The molecule has 0 saturated carbocycles. The Balaban J connectivity index is 1.22. The highest BCUT2D eigenvalue weighted by molar-refractivity contribution is 7.00. The minimum Gasteiger partial charge on any atom is -0.454 e. The zero-order valence-electron chi connectivity index (χ0n) is 41.8. The van der Waals surface area contributed by atoms with E-state index in [2.05, 4.69) is 220 Å². The maximum atomic E-state index is 7.27. The summed E-state index contributed by atoms with van der Waals surface area (Å²) in [6.45, 7) is 28.9.